The van der Waals surface area contributed by atoms with E-state index in [2.05, 4.69) is 0 Å². The van der Waals surface area contributed by atoms with Crippen LogP contribution in [0.2, 0.25) is 0 Å². The van der Waals surface area contributed by atoms with Gasteiger partial charge in [-0.05, 0) is 25.1 Å². The van der Waals surface area contributed by atoms with E-state index in [1.54, 1.807) is 12.1 Å². The minimum Gasteiger partial charge on any atom is -0.493 e. The van der Waals surface area contributed by atoms with Crippen molar-refractivity contribution in [2.75, 3.05) is 13.2 Å². The fourth-order valence-electron chi connectivity index (χ4n) is 2.49. The normalized spacial score (nSPS) is 16.1. The van der Waals surface area contributed by atoms with E-state index in [0.717, 1.165) is 16.9 Å². The van der Waals surface area contributed by atoms with Gasteiger partial charge < -0.3 is 14.6 Å². The number of fused-ring (bicyclic) bond motifs is 1. The number of carbonyl (C=O) groups is 1. The van der Waals surface area contributed by atoms with Crippen LogP contribution in [0.3, 0.4) is 0 Å². The van der Waals surface area contributed by atoms with E-state index in [4.69, 9.17) is 9.47 Å². The highest BCUT2D eigenvalue weighted by atomic mass is 16.5. The van der Waals surface area contributed by atoms with Crippen LogP contribution in [0.25, 0.3) is 0 Å². The number of rotatable bonds is 4. The van der Waals surface area contributed by atoms with Gasteiger partial charge in [-0.3, -0.25) is 0 Å². The molecule has 0 aliphatic carbocycles. The first-order chi connectivity index (χ1) is 10.1. The fourth-order valence-corrected chi connectivity index (χ4v) is 2.49. The maximum Gasteiger partial charge on any atom is 0.339 e. The molecular formula is C17H16O4. The molecule has 0 saturated carbocycles. The zero-order valence-corrected chi connectivity index (χ0v) is 11.7. The van der Waals surface area contributed by atoms with Crippen molar-refractivity contribution in [3.63, 3.8) is 0 Å². The lowest BCUT2D eigenvalue weighted by molar-refractivity contribution is 0.0691. The van der Waals surface area contributed by atoms with Crippen LogP contribution in [0.15, 0.2) is 42.5 Å². The van der Waals surface area contributed by atoms with E-state index in [1.807, 2.05) is 37.3 Å². The van der Waals surface area contributed by atoms with E-state index in [-0.39, 0.29) is 11.5 Å². The van der Waals surface area contributed by atoms with E-state index in [9.17, 15) is 9.90 Å². The van der Waals surface area contributed by atoms with Crippen molar-refractivity contribution in [3.05, 3.63) is 59.2 Å². The van der Waals surface area contributed by atoms with Crippen molar-refractivity contribution >= 4 is 5.97 Å². The molecule has 3 rings (SSSR count). The van der Waals surface area contributed by atoms with Crippen LogP contribution in [0, 0.1) is 6.92 Å². The Morgan fingerprint density at radius 1 is 1.33 bits per heavy atom. The quantitative estimate of drug-likeness (QED) is 0.936. The van der Waals surface area contributed by atoms with Gasteiger partial charge in [0.05, 0.1) is 19.1 Å². The Balaban J connectivity index is 1.76. The summed E-state index contributed by atoms with van der Waals surface area (Å²) < 4.78 is 11.3. The maximum absolute atomic E-state index is 11.3. The number of hydrogen-bond donors (Lipinski definition) is 1. The van der Waals surface area contributed by atoms with Crippen LogP contribution in [0.1, 0.15) is 27.4 Å². The molecule has 0 saturated heterocycles. The first-order valence-electron chi connectivity index (χ1n) is 6.83. The number of carboxylic acids is 1. The molecule has 0 bridgehead atoms. The molecule has 0 aromatic heterocycles. The molecule has 0 radical (unpaired) electrons. The van der Waals surface area contributed by atoms with Crippen molar-refractivity contribution in [1.82, 2.24) is 0 Å². The second-order valence-electron chi connectivity index (χ2n) is 5.16. The van der Waals surface area contributed by atoms with E-state index >= 15 is 0 Å². The van der Waals surface area contributed by atoms with Crippen LogP contribution in [-0.4, -0.2) is 24.3 Å². The second kappa shape index (κ2) is 5.48. The lowest BCUT2D eigenvalue weighted by Gasteiger charge is -2.13. The molecule has 2 aromatic rings. The number of carboxylic acid groups (broad SMARTS) is 1. The SMILES string of the molecule is Cc1ccc(OCC2COc3ccccc32)c(C(=O)O)c1. The highest BCUT2D eigenvalue weighted by molar-refractivity contribution is 5.91. The van der Waals surface area contributed by atoms with Crippen LogP contribution >= 0.6 is 0 Å². The molecule has 4 heteroatoms. The second-order valence-corrected chi connectivity index (χ2v) is 5.16. The summed E-state index contributed by atoms with van der Waals surface area (Å²) in [6.45, 7) is 2.82. The Kier molecular flexibility index (Phi) is 3.52. The van der Waals surface area contributed by atoms with Gasteiger partial charge in [-0.15, -0.1) is 0 Å². The molecule has 21 heavy (non-hydrogen) atoms. The van der Waals surface area contributed by atoms with Gasteiger partial charge in [0.2, 0.25) is 0 Å². The molecule has 1 atom stereocenters. The van der Waals surface area contributed by atoms with Crippen molar-refractivity contribution in [3.8, 4) is 11.5 Å². The number of hydrogen-bond acceptors (Lipinski definition) is 3. The summed E-state index contributed by atoms with van der Waals surface area (Å²) in [7, 11) is 0. The van der Waals surface area contributed by atoms with Gasteiger partial charge in [0.1, 0.15) is 17.1 Å². The zero-order valence-electron chi connectivity index (χ0n) is 11.7. The van der Waals surface area contributed by atoms with Crippen LogP contribution < -0.4 is 9.47 Å². The van der Waals surface area contributed by atoms with Crippen molar-refractivity contribution in [1.29, 1.82) is 0 Å². The van der Waals surface area contributed by atoms with Gasteiger partial charge in [0.25, 0.3) is 0 Å². The lowest BCUT2D eigenvalue weighted by Crippen LogP contribution is -2.13. The predicted octanol–water partition coefficient (Wildman–Crippen LogP) is 3.25. The molecule has 1 aliphatic heterocycles. The smallest absolute Gasteiger partial charge is 0.339 e. The van der Waals surface area contributed by atoms with Gasteiger partial charge in [-0.25, -0.2) is 4.79 Å². The molecule has 1 heterocycles. The standard InChI is InChI=1S/C17H16O4/c1-11-6-7-16(14(8-11)17(18)19)21-10-12-9-20-15-5-3-2-4-13(12)15/h2-8,12H,9-10H2,1H3,(H,18,19). The van der Waals surface area contributed by atoms with Crippen molar-refractivity contribution in [2.45, 2.75) is 12.8 Å². The largest absolute Gasteiger partial charge is 0.493 e. The van der Waals surface area contributed by atoms with Gasteiger partial charge in [0, 0.05) is 5.56 Å². The zero-order chi connectivity index (χ0) is 14.8. The summed E-state index contributed by atoms with van der Waals surface area (Å²) in [5.41, 5.74) is 2.21. The summed E-state index contributed by atoms with van der Waals surface area (Å²) in [5.74, 6) is 0.437. The summed E-state index contributed by atoms with van der Waals surface area (Å²) in [6.07, 6.45) is 0. The molecule has 4 nitrogen and oxygen atoms in total. The first-order valence-corrected chi connectivity index (χ1v) is 6.83. The monoisotopic (exact) mass is 284 g/mol. The van der Waals surface area contributed by atoms with Crippen molar-refractivity contribution < 1.29 is 19.4 Å². The summed E-state index contributed by atoms with van der Waals surface area (Å²) in [6, 6.07) is 13.0. The Bertz CT molecular complexity index is 678. The Morgan fingerprint density at radius 2 is 2.14 bits per heavy atom. The number of ether oxygens (including phenoxy) is 2. The van der Waals surface area contributed by atoms with Crippen LogP contribution in [-0.2, 0) is 0 Å². The number of aryl methyl sites for hydroxylation is 1. The van der Waals surface area contributed by atoms with Gasteiger partial charge >= 0.3 is 5.97 Å². The van der Waals surface area contributed by atoms with Gasteiger partial charge in [0.15, 0.2) is 0 Å². The molecule has 1 unspecified atom stereocenters. The fraction of sp³-hybridized carbons (Fsp3) is 0.235. The number of benzene rings is 2. The third-order valence-corrected chi connectivity index (χ3v) is 3.60. The average Bonchev–Trinajstić information content (AvgIpc) is 2.89. The van der Waals surface area contributed by atoms with E-state index < -0.39 is 5.97 Å². The average molecular weight is 284 g/mol. The minimum atomic E-state index is -0.975. The molecular weight excluding hydrogens is 268 g/mol. The first kappa shape index (κ1) is 13.5. The third kappa shape index (κ3) is 2.70. The van der Waals surface area contributed by atoms with Crippen molar-refractivity contribution in [2.24, 2.45) is 0 Å². The van der Waals surface area contributed by atoms with Gasteiger partial charge in [-0.1, -0.05) is 29.8 Å². The molecule has 1 N–H and O–H groups in total. The van der Waals surface area contributed by atoms with Gasteiger partial charge in [-0.2, -0.15) is 0 Å². The summed E-state index contributed by atoms with van der Waals surface area (Å²) in [5, 5.41) is 9.24. The topological polar surface area (TPSA) is 55.8 Å². The van der Waals surface area contributed by atoms with Crippen LogP contribution in [0.4, 0.5) is 0 Å². The maximum atomic E-state index is 11.3. The Hall–Kier alpha value is -2.49. The highest BCUT2D eigenvalue weighted by Crippen LogP contribution is 2.34. The lowest BCUT2D eigenvalue weighted by atomic mass is 10.0. The number of aromatic carboxylic acids is 1. The molecule has 1 aliphatic rings. The predicted molar refractivity (Wildman–Crippen MR) is 78.3 cm³/mol. The summed E-state index contributed by atoms with van der Waals surface area (Å²) in [4.78, 5) is 11.3. The van der Waals surface area contributed by atoms with Crippen LogP contribution in [0.5, 0.6) is 11.5 Å². The molecule has 108 valence electrons. The van der Waals surface area contributed by atoms with E-state index in [0.29, 0.717) is 19.0 Å². The Labute approximate surface area is 122 Å². The highest BCUT2D eigenvalue weighted by Gasteiger charge is 2.24. The summed E-state index contributed by atoms with van der Waals surface area (Å²) >= 11 is 0. The molecule has 2 aromatic carbocycles. The number of para-hydroxylation sites is 1. The Morgan fingerprint density at radius 3 is 2.95 bits per heavy atom. The molecule has 0 spiro atoms. The van der Waals surface area contributed by atoms with E-state index in [1.165, 1.54) is 0 Å². The third-order valence-electron chi connectivity index (χ3n) is 3.60. The molecule has 0 amide bonds. The minimum absolute atomic E-state index is 0.129. The molecule has 0 fully saturated rings.